The monoisotopic (exact) mass is 295 g/mol. The van der Waals surface area contributed by atoms with Crippen LogP contribution in [-0.4, -0.2) is 13.1 Å². The maximum atomic E-state index is 6.13. The van der Waals surface area contributed by atoms with E-state index in [9.17, 15) is 0 Å². The molecule has 3 rings (SSSR count). The number of nitrogens with two attached hydrogens (primary N) is 1. The molecule has 1 aliphatic heterocycles. The second-order valence-corrected chi connectivity index (χ2v) is 6.16. The highest BCUT2D eigenvalue weighted by Gasteiger charge is 2.17. The molecule has 19 heavy (non-hydrogen) atoms. The van der Waals surface area contributed by atoms with Gasteiger partial charge in [-0.1, -0.05) is 0 Å². The Labute approximate surface area is 124 Å². The summed E-state index contributed by atoms with van der Waals surface area (Å²) in [6, 6.07) is 8.58. The number of hydrogen-bond acceptors (Lipinski definition) is 3. The summed E-state index contributed by atoms with van der Waals surface area (Å²) in [4.78, 5) is 5.05. The summed E-state index contributed by atoms with van der Waals surface area (Å²) in [5.41, 5.74) is 7.38. The van der Waals surface area contributed by atoms with Crippen molar-refractivity contribution in [3.05, 3.63) is 40.2 Å². The van der Waals surface area contributed by atoms with E-state index >= 15 is 0 Å². The molecule has 2 N–H and O–H groups in total. The van der Waals surface area contributed by atoms with Gasteiger partial charge in [0.25, 0.3) is 5.82 Å². The number of aryl methyl sites for hydroxylation is 1. The molecule has 102 valence electrons. The molecule has 0 aromatic carbocycles. The van der Waals surface area contributed by atoms with Crippen molar-refractivity contribution in [2.45, 2.75) is 19.9 Å². The predicted molar refractivity (Wildman–Crippen MR) is 76.0 cm³/mol. The average Bonchev–Trinajstić information content (AvgIpc) is 2.66. The molecular formula is C14H18ClN3S. The van der Waals surface area contributed by atoms with E-state index in [-0.39, 0.29) is 12.4 Å². The lowest BCUT2D eigenvalue weighted by Gasteiger charge is -2.32. The number of hydrogen-bond donors (Lipinski definition) is 1. The number of thiophene rings is 1. The molecule has 2 aromatic rings. The fraction of sp³-hybridized carbons (Fsp3) is 0.357. The van der Waals surface area contributed by atoms with Gasteiger partial charge in [-0.3, -0.25) is 5.73 Å². The molecule has 1 fully saturated rings. The fourth-order valence-corrected chi connectivity index (χ4v) is 3.08. The van der Waals surface area contributed by atoms with E-state index in [1.165, 1.54) is 21.9 Å². The van der Waals surface area contributed by atoms with Crippen LogP contribution < -0.4 is 27.6 Å². The Balaban J connectivity index is 0.00000133. The Hall–Kier alpha value is -1.26. The highest BCUT2D eigenvalue weighted by atomic mass is 35.5. The lowest BCUT2D eigenvalue weighted by atomic mass is 10.2. The highest BCUT2D eigenvalue weighted by molar-refractivity contribution is 7.11. The summed E-state index contributed by atoms with van der Waals surface area (Å²) in [5, 5.41) is 0. The molecule has 3 nitrogen and oxygen atoms in total. The maximum absolute atomic E-state index is 6.13. The van der Waals surface area contributed by atoms with Crippen molar-refractivity contribution in [1.82, 2.24) is 0 Å². The molecule has 1 aliphatic rings. The van der Waals surface area contributed by atoms with Crippen LogP contribution in [0.2, 0.25) is 0 Å². The van der Waals surface area contributed by atoms with Gasteiger partial charge in [-0.05, 0) is 25.5 Å². The van der Waals surface area contributed by atoms with E-state index in [1.807, 2.05) is 11.3 Å². The first-order valence-corrected chi connectivity index (χ1v) is 7.13. The summed E-state index contributed by atoms with van der Waals surface area (Å²) < 4.78 is 2.11. The van der Waals surface area contributed by atoms with E-state index in [1.54, 1.807) is 0 Å². The topological polar surface area (TPSA) is 33.1 Å². The van der Waals surface area contributed by atoms with Crippen molar-refractivity contribution < 1.29 is 17.0 Å². The standard InChI is InChI=1S/C14H17N3S.ClH/c1-11-3-4-13(18-11)10-17-8-5-12(9-14(17)15)16-6-2-7-16;/h3-5,8-9,15H,2,6-7,10H2,1H3;1H. The largest absolute Gasteiger partial charge is 1.00 e. The number of nitrogens with zero attached hydrogens (tertiary/aromatic N) is 2. The van der Waals surface area contributed by atoms with Crippen molar-refractivity contribution in [2.75, 3.05) is 23.7 Å². The van der Waals surface area contributed by atoms with Gasteiger partial charge in [0.05, 0.1) is 12.3 Å². The van der Waals surface area contributed by atoms with E-state index in [0.717, 1.165) is 25.5 Å². The summed E-state index contributed by atoms with van der Waals surface area (Å²) >= 11 is 1.83. The third-order valence-corrected chi connectivity index (χ3v) is 4.38. The third kappa shape index (κ3) is 3.01. The zero-order valence-electron chi connectivity index (χ0n) is 11.0. The number of pyridine rings is 1. The van der Waals surface area contributed by atoms with Crippen LogP contribution >= 0.6 is 11.3 Å². The lowest BCUT2D eigenvalue weighted by Crippen LogP contribution is -3.00. The molecule has 0 atom stereocenters. The Bertz CT molecular complexity index is 564. The SMILES string of the molecule is Cc1ccc(C[n+]2ccc(N3CCC3)cc2N)s1.[Cl-]. The average molecular weight is 296 g/mol. The summed E-state index contributed by atoms with van der Waals surface area (Å²) in [6.07, 6.45) is 3.39. The van der Waals surface area contributed by atoms with E-state index < -0.39 is 0 Å². The van der Waals surface area contributed by atoms with Gasteiger partial charge < -0.3 is 17.3 Å². The number of anilines is 2. The maximum Gasteiger partial charge on any atom is 0.274 e. The number of halogens is 1. The summed E-state index contributed by atoms with van der Waals surface area (Å²) in [7, 11) is 0. The molecule has 0 aliphatic carbocycles. The molecule has 1 saturated heterocycles. The highest BCUT2D eigenvalue weighted by Crippen LogP contribution is 2.21. The van der Waals surface area contributed by atoms with E-state index in [4.69, 9.17) is 5.73 Å². The Kier molecular flexibility index (Phi) is 4.32. The van der Waals surface area contributed by atoms with E-state index in [0.29, 0.717) is 0 Å². The van der Waals surface area contributed by atoms with Crippen LogP contribution in [0.3, 0.4) is 0 Å². The summed E-state index contributed by atoms with van der Waals surface area (Å²) in [5.74, 6) is 0.838. The van der Waals surface area contributed by atoms with Gasteiger partial charge in [0.1, 0.15) is 6.54 Å². The van der Waals surface area contributed by atoms with Crippen molar-refractivity contribution in [2.24, 2.45) is 0 Å². The second-order valence-electron chi connectivity index (χ2n) is 4.79. The smallest absolute Gasteiger partial charge is 0.274 e. The number of aromatic nitrogens is 1. The first-order chi connectivity index (χ1) is 8.72. The molecule has 0 amide bonds. The lowest BCUT2D eigenvalue weighted by molar-refractivity contribution is -0.673. The molecule has 2 aromatic heterocycles. The number of rotatable bonds is 3. The van der Waals surface area contributed by atoms with Crippen molar-refractivity contribution in [1.29, 1.82) is 0 Å². The van der Waals surface area contributed by atoms with Crippen LogP contribution in [0.4, 0.5) is 11.5 Å². The van der Waals surface area contributed by atoms with Crippen molar-refractivity contribution in [3.8, 4) is 0 Å². The first-order valence-electron chi connectivity index (χ1n) is 6.31. The Morgan fingerprint density at radius 2 is 2.11 bits per heavy atom. The van der Waals surface area contributed by atoms with E-state index in [2.05, 4.69) is 46.9 Å². The van der Waals surface area contributed by atoms with Gasteiger partial charge in [-0.2, -0.15) is 0 Å². The van der Waals surface area contributed by atoms with Gasteiger partial charge in [0.15, 0.2) is 0 Å². The second kappa shape index (κ2) is 5.80. The van der Waals surface area contributed by atoms with Crippen LogP contribution in [0.25, 0.3) is 0 Å². The van der Waals surface area contributed by atoms with Crippen LogP contribution in [0.15, 0.2) is 30.5 Å². The number of nitrogen functional groups attached to an aromatic ring is 1. The van der Waals surface area contributed by atoms with Crippen LogP contribution in [-0.2, 0) is 6.54 Å². The molecule has 0 spiro atoms. The molecule has 0 radical (unpaired) electrons. The van der Waals surface area contributed by atoms with Gasteiger partial charge in [0.2, 0.25) is 0 Å². The Morgan fingerprint density at radius 3 is 2.63 bits per heavy atom. The molecule has 3 heterocycles. The van der Waals surface area contributed by atoms with Gasteiger partial charge >= 0.3 is 0 Å². The first kappa shape index (κ1) is 14.2. The summed E-state index contributed by atoms with van der Waals surface area (Å²) in [6.45, 7) is 5.32. The molecular weight excluding hydrogens is 278 g/mol. The van der Waals surface area contributed by atoms with Crippen molar-refractivity contribution in [3.63, 3.8) is 0 Å². The third-order valence-electron chi connectivity index (χ3n) is 3.40. The molecule has 0 saturated carbocycles. The zero-order chi connectivity index (χ0) is 12.5. The minimum Gasteiger partial charge on any atom is -1.00 e. The Morgan fingerprint density at radius 1 is 1.32 bits per heavy atom. The molecule has 0 bridgehead atoms. The predicted octanol–water partition coefficient (Wildman–Crippen LogP) is -0.811. The van der Waals surface area contributed by atoms with Gasteiger partial charge in [0, 0.05) is 34.6 Å². The van der Waals surface area contributed by atoms with Crippen molar-refractivity contribution >= 4 is 22.8 Å². The fourth-order valence-electron chi connectivity index (χ4n) is 2.19. The van der Waals surface area contributed by atoms with Crippen LogP contribution in [0.1, 0.15) is 16.2 Å². The zero-order valence-corrected chi connectivity index (χ0v) is 12.5. The normalized spacial score (nSPS) is 13.8. The molecule has 5 heteroatoms. The minimum atomic E-state index is 0. The molecule has 0 unspecified atom stereocenters. The van der Waals surface area contributed by atoms with Gasteiger partial charge in [-0.25, -0.2) is 4.57 Å². The minimum absolute atomic E-state index is 0. The van der Waals surface area contributed by atoms with Crippen LogP contribution in [0, 0.1) is 6.92 Å². The van der Waals surface area contributed by atoms with Crippen LogP contribution in [0.5, 0.6) is 0 Å². The van der Waals surface area contributed by atoms with Gasteiger partial charge in [-0.15, -0.1) is 11.3 Å². The quantitative estimate of drug-likeness (QED) is 0.752.